The Morgan fingerprint density at radius 2 is 1.20 bits per heavy atom. The van der Waals surface area contributed by atoms with Gasteiger partial charge in [0.25, 0.3) is 5.97 Å². The minimum Gasteiger partial charge on any atom is -0.343 e. The van der Waals surface area contributed by atoms with E-state index in [9.17, 15) is 5.11 Å². The number of aliphatic hydroxyl groups is 1. The molecule has 20 heavy (non-hydrogen) atoms. The first-order valence-corrected chi connectivity index (χ1v) is 8.16. The van der Waals surface area contributed by atoms with Gasteiger partial charge in [0.1, 0.15) is 0 Å². The molecule has 1 aliphatic rings. The van der Waals surface area contributed by atoms with Gasteiger partial charge in [-0.2, -0.15) is 0 Å². The molecular weight excluding hydrogens is 252 g/mol. The van der Waals surface area contributed by atoms with Crippen LogP contribution in [0.1, 0.15) is 74.1 Å². The van der Waals surface area contributed by atoms with Crippen LogP contribution in [0.2, 0.25) is 0 Å². The van der Waals surface area contributed by atoms with Crippen LogP contribution in [0.3, 0.4) is 0 Å². The molecular formula is C17H34O3. The Morgan fingerprint density at radius 3 is 1.50 bits per heavy atom. The van der Waals surface area contributed by atoms with Gasteiger partial charge in [-0.3, -0.25) is 0 Å². The van der Waals surface area contributed by atoms with Crippen LogP contribution in [0.4, 0.5) is 0 Å². The van der Waals surface area contributed by atoms with E-state index in [2.05, 4.69) is 41.5 Å². The summed E-state index contributed by atoms with van der Waals surface area (Å²) in [5, 5.41) is 10.8. The molecule has 0 amide bonds. The summed E-state index contributed by atoms with van der Waals surface area (Å²) in [7, 11) is 0. The van der Waals surface area contributed by atoms with Gasteiger partial charge in [0, 0.05) is 10.8 Å². The molecule has 1 N–H and O–H groups in total. The topological polar surface area (TPSA) is 38.7 Å². The quantitative estimate of drug-likeness (QED) is 0.789. The van der Waals surface area contributed by atoms with Crippen molar-refractivity contribution in [3.05, 3.63) is 0 Å². The largest absolute Gasteiger partial charge is 0.343 e. The van der Waals surface area contributed by atoms with E-state index in [1.807, 2.05) is 6.92 Å². The normalized spacial score (nSPS) is 32.4. The van der Waals surface area contributed by atoms with Crippen LogP contribution in [-0.2, 0) is 9.47 Å². The minimum absolute atomic E-state index is 0.0505. The molecule has 0 atom stereocenters. The van der Waals surface area contributed by atoms with E-state index < -0.39 is 5.97 Å². The Hall–Kier alpha value is -0.120. The lowest BCUT2D eigenvalue weighted by molar-refractivity contribution is -0.453. The Balaban J connectivity index is 2.91. The molecule has 0 aromatic rings. The highest BCUT2D eigenvalue weighted by molar-refractivity contribution is 4.95. The fourth-order valence-corrected chi connectivity index (χ4v) is 3.09. The lowest BCUT2D eigenvalue weighted by Crippen LogP contribution is -2.60. The van der Waals surface area contributed by atoms with Crippen molar-refractivity contribution in [2.24, 2.45) is 16.2 Å². The van der Waals surface area contributed by atoms with Gasteiger partial charge in [0.2, 0.25) is 0 Å². The molecule has 0 aliphatic carbocycles. The highest BCUT2D eigenvalue weighted by Gasteiger charge is 2.55. The zero-order valence-electron chi connectivity index (χ0n) is 14.5. The van der Waals surface area contributed by atoms with E-state index >= 15 is 0 Å². The van der Waals surface area contributed by atoms with Gasteiger partial charge < -0.3 is 14.6 Å². The maximum Gasteiger partial charge on any atom is 0.286 e. The number of hydrogen-bond donors (Lipinski definition) is 1. The molecule has 0 saturated carbocycles. The third kappa shape index (κ3) is 2.65. The highest BCUT2D eigenvalue weighted by atomic mass is 16.8. The predicted molar refractivity (Wildman–Crippen MR) is 82.3 cm³/mol. The van der Waals surface area contributed by atoms with Crippen LogP contribution in [-0.4, -0.2) is 24.3 Å². The second-order valence-corrected chi connectivity index (χ2v) is 7.26. The Kier molecular flexibility index (Phi) is 5.32. The van der Waals surface area contributed by atoms with Gasteiger partial charge in [-0.25, -0.2) is 0 Å². The number of rotatable bonds is 6. The van der Waals surface area contributed by atoms with Crippen molar-refractivity contribution in [3.63, 3.8) is 0 Å². The van der Waals surface area contributed by atoms with Crippen LogP contribution in [0.15, 0.2) is 0 Å². The average Bonchev–Trinajstić information content (AvgIpc) is 2.48. The predicted octanol–water partition coefficient (Wildman–Crippen LogP) is 4.34. The van der Waals surface area contributed by atoms with Crippen LogP contribution in [0.5, 0.6) is 0 Å². The molecule has 120 valence electrons. The molecule has 0 bridgehead atoms. The van der Waals surface area contributed by atoms with Gasteiger partial charge in [0.05, 0.1) is 13.2 Å². The van der Waals surface area contributed by atoms with Gasteiger partial charge in [-0.15, -0.1) is 0 Å². The molecule has 0 aromatic heterocycles. The first-order chi connectivity index (χ1) is 9.16. The van der Waals surface area contributed by atoms with Crippen LogP contribution < -0.4 is 0 Å². The third-order valence-electron chi connectivity index (χ3n) is 6.51. The molecule has 0 radical (unpaired) electrons. The molecule has 1 heterocycles. The number of hydrogen-bond acceptors (Lipinski definition) is 3. The fourth-order valence-electron chi connectivity index (χ4n) is 3.09. The van der Waals surface area contributed by atoms with Crippen LogP contribution in [0, 0.1) is 16.2 Å². The molecule has 1 fully saturated rings. The molecule has 3 heteroatoms. The average molecular weight is 286 g/mol. The summed E-state index contributed by atoms with van der Waals surface area (Å²) in [5.74, 6) is -1.45. The molecule has 0 unspecified atom stereocenters. The van der Waals surface area contributed by atoms with Gasteiger partial charge >= 0.3 is 0 Å². The third-order valence-corrected chi connectivity index (χ3v) is 6.51. The molecule has 1 rings (SSSR count). The van der Waals surface area contributed by atoms with Crippen molar-refractivity contribution in [3.8, 4) is 0 Å². The standard InChI is InChI=1S/C17H34O3/c1-8-14(5,9-2)16(7)12-19-17(18,20-13-16)15(6,10-3)11-4/h18H,8-13H2,1-7H3. The Labute approximate surface area is 125 Å². The van der Waals surface area contributed by atoms with E-state index in [1.165, 1.54) is 0 Å². The molecule has 0 aromatic carbocycles. The molecule has 1 aliphatic heterocycles. The summed E-state index contributed by atoms with van der Waals surface area (Å²) < 4.78 is 11.8. The maximum atomic E-state index is 10.8. The van der Waals surface area contributed by atoms with E-state index in [1.54, 1.807) is 0 Å². The first kappa shape index (κ1) is 17.9. The van der Waals surface area contributed by atoms with Crippen molar-refractivity contribution in [2.45, 2.75) is 80.1 Å². The zero-order chi connectivity index (χ0) is 15.7. The first-order valence-electron chi connectivity index (χ1n) is 8.16. The molecule has 3 nitrogen and oxygen atoms in total. The fraction of sp³-hybridized carbons (Fsp3) is 1.00. The molecule has 1 saturated heterocycles. The van der Waals surface area contributed by atoms with Gasteiger partial charge in [0.15, 0.2) is 0 Å². The summed E-state index contributed by atoms with van der Waals surface area (Å²) >= 11 is 0. The summed E-state index contributed by atoms with van der Waals surface area (Å²) in [6.45, 7) is 16.2. The Morgan fingerprint density at radius 1 is 0.850 bits per heavy atom. The lowest BCUT2D eigenvalue weighted by Gasteiger charge is -2.54. The monoisotopic (exact) mass is 286 g/mol. The Bertz CT molecular complexity index is 276. The van der Waals surface area contributed by atoms with E-state index in [0.717, 1.165) is 25.7 Å². The van der Waals surface area contributed by atoms with Crippen LogP contribution >= 0.6 is 0 Å². The summed E-state index contributed by atoms with van der Waals surface area (Å²) in [6, 6.07) is 0. The summed E-state index contributed by atoms with van der Waals surface area (Å²) in [6.07, 6.45) is 3.83. The second kappa shape index (κ2) is 5.94. The van der Waals surface area contributed by atoms with Gasteiger partial charge in [-0.05, 0) is 18.3 Å². The molecule has 0 spiro atoms. The number of ether oxygens (including phenoxy) is 2. The lowest BCUT2D eigenvalue weighted by atomic mass is 9.62. The highest BCUT2D eigenvalue weighted by Crippen LogP contribution is 2.51. The minimum atomic E-state index is -1.45. The van der Waals surface area contributed by atoms with E-state index in [4.69, 9.17) is 9.47 Å². The van der Waals surface area contributed by atoms with Crippen molar-refractivity contribution < 1.29 is 14.6 Å². The SMILES string of the molecule is CCC(C)(CC)C1(C)COC(O)(C(C)(CC)CC)OC1. The van der Waals surface area contributed by atoms with Gasteiger partial charge in [-0.1, -0.05) is 61.3 Å². The maximum absolute atomic E-state index is 10.8. The van der Waals surface area contributed by atoms with E-state index in [-0.39, 0.29) is 16.2 Å². The zero-order valence-corrected chi connectivity index (χ0v) is 14.5. The van der Waals surface area contributed by atoms with E-state index in [0.29, 0.717) is 13.2 Å². The van der Waals surface area contributed by atoms with Crippen molar-refractivity contribution >= 4 is 0 Å². The van der Waals surface area contributed by atoms with Crippen LogP contribution in [0.25, 0.3) is 0 Å². The second-order valence-electron chi connectivity index (χ2n) is 7.26. The van der Waals surface area contributed by atoms with Crippen molar-refractivity contribution in [1.82, 2.24) is 0 Å². The summed E-state index contributed by atoms with van der Waals surface area (Å²) in [4.78, 5) is 0. The smallest absolute Gasteiger partial charge is 0.286 e. The van der Waals surface area contributed by atoms with Crippen molar-refractivity contribution in [2.75, 3.05) is 13.2 Å². The summed E-state index contributed by atoms with van der Waals surface area (Å²) in [5.41, 5.74) is -0.239. The van der Waals surface area contributed by atoms with Crippen molar-refractivity contribution in [1.29, 1.82) is 0 Å².